The zero-order chi connectivity index (χ0) is 24.2. The predicted molar refractivity (Wildman–Crippen MR) is 133 cm³/mol. The molecule has 0 unspecified atom stereocenters. The van der Waals surface area contributed by atoms with Crippen LogP contribution in [0.15, 0.2) is 42.5 Å². The molecule has 7 nitrogen and oxygen atoms in total. The van der Waals surface area contributed by atoms with Gasteiger partial charge in [-0.15, -0.1) is 0 Å². The second kappa shape index (κ2) is 10.3. The fourth-order valence-corrected chi connectivity index (χ4v) is 4.49. The van der Waals surface area contributed by atoms with Crippen molar-refractivity contribution < 1.29 is 14.3 Å². The lowest BCUT2D eigenvalue weighted by molar-refractivity contribution is 0.0743. The van der Waals surface area contributed by atoms with Crippen molar-refractivity contribution in [3.63, 3.8) is 0 Å². The molecule has 0 aliphatic carbocycles. The van der Waals surface area contributed by atoms with E-state index >= 15 is 0 Å². The Morgan fingerprint density at radius 3 is 2.41 bits per heavy atom. The van der Waals surface area contributed by atoms with Crippen molar-refractivity contribution in [2.75, 3.05) is 45.3 Å². The maximum atomic E-state index is 13.2. The van der Waals surface area contributed by atoms with Gasteiger partial charge in [0.15, 0.2) is 0 Å². The summed E-state index contributed by atoms with van der Waals surface area (Å²) in [5, 5.41) is 0.734. The van der Waals surface area contributed by atoms with Gasteiger partial charge in [0, 0.05) is 54.9 Å². The number of carbonyl (C=O) groups is 1. The van der Waals surface area contributed by atoms with Crippen molar-refractivity contribution in [3.8, 4) is 11.5 Å². The van der Waals surface area contributed by atoms with Gasteiger partial charge in [-0.3, -0.25) is 4.79 Å². The van der Waals surface area contributed by atoms with Crippen LogP contribution in [0.25, 0.3) is 0 Å². The van der Waals surface area contributed by atoms with Crippen molar-refractivity contribution in [1.82, 2.24) is 14.9 Å². The average molecular weight is 481 g/mol. The minimum atomic E-state index is -0.0505. The van der Waals surface area contributed by atoms with Gasteiger partial charge in [-0.1, -0.05) is 29.8 Å². The summed E-state index contributed by atoms with van der Waals surface area (Å²) in [5.74, 6) is 2.76. The van der Waals surface area contributed by atoms with Crippen LogP contribution in [0.2, 0.25) is 5.02 Å². The number of aryl methyl sites for hydroxylation is 2. The Morgan fingerprint density at radius 1 is 1.00 bits per heavy atom. The molecule has 3 aromatic rings. The summed E-state index contributed by atoms with van der Waals surface area (Å²) in [6.45, 7) is 6.44. The van der Waals surface area contributed by atoms with Crippen molar-refractivity contribution >= 4 is 23.3 Å². The Morgan fingerprint density at radius 2 is 1.74 bits per heavy atom. The van der Waals surface area contributed by atoms with Gasteiger partial charge in [0.2, 0.25) is 0 Å². The number of methoxy groups -OCH3 is 2. The number of piperazine rings is 1. The molecule has 0 N–H and O–H groups in total. The van der Waals surface area contributed by atoms with Gasteiger partial charge in [0.05, 0.1) is 19.8 Å². The van der Waals surface area contributed by atoms with Crippen LogP contribution < -0.4 is 14.4 Å². The van der Waals surface area contributed by atoms with Crippen LogP contribution in [-0.4, -0.2) is 61.2 Å². The summed E-state index contributed by atoms with van der Waals surface area (Å²) in [4.78, 5) is 26.7. The van der Waals surface area contributed by atoms with E-state index in [1.165, 1.54) is 0 Å². The topological polar surface area (TPSA) is 67.8 Å². The number of ether oxygens (including phenoxy) is 2. The number of amides is 1. The largest absolute Gasteiger partial charge is 0.497 e. The first-order valence-corrected chi connectivity index (χ1v) is 11.6. The first-order valence-electron chi connectivity index (χ1n) is 11.2. The molecule has 0 spiro atoms. The quantitative estimate of drug-likeness (QED) is 0.523. The Balaban J connectivity index is 1.53. The molecule has 4 rings (SSSR count). The molecule has 0 saturated carbocycles. The molecule has 1 aliphatic rings. The van der Waals surface area contributed by atoms with Crippen molar-refractivity contribution in [2.24, 2.45) is 0 Å². The van der Waals surface area contributed by atoms with Gasteiger partial charge in [-0.2, -0.15) is 0 Å². The molecule has 1 fully saturated rings. The van der Waals surface area contributed by atoms with Gasteiger partial charge in [0.25, 0.3) is 5.91 Å². The number of rotatable bonds is 6. The zero-order valence-electron chi connectivity index (χ0n) is 20.0. The second-order valence-electron chi connectivity index (χ2n) is 8.27. The Hall–Kier alpha value is -3.32. The molecule has 0 atom stereocenters. The van der Waals surface area contributed by atoms with E-state index in [2.05, 4.69) is 9.88 Å². The number of aromatic nitrogens is 2. The molecule has 1 saturated heterocycles. The van der Waals surface area contributed by atoms with Gasteiger partial charge < -0.3 is 19.3 Å². The van der Waals surface area contributed by atoms with Crippen LogP contribution in [0, 0.1) is 13.8 Å². The number of benzene rings is 2. The Bertz CT molecular complexity index is 1190. The van der Waals surface area contributed by atoms with E-state index in [0.29, 0.717) is 49.7 Å². The predicted octanol–water partition coefficient (Wildman–Crippen LogP) is 4.32. The van der Waals surface area contributed by atoms with Crippen molar-refractivity contribution in [1.29, 1.82) is 0 Å². The standard InChI is InChI=1S/C26H29ClN4O3/c1-17-22(15-19-7-5-6-8-23(19)27)25(29-18(2)28-17)30-11-13-31(14-12-30)26(32)21-10-9-20(33-3)16-24(21)34-4/h5-10,16H,11-15H2,1-4H3. The lowest BCUT2D eigenvalue weighted by Gasteiger charge is -2.36. The van der Waals surface area contributed by atoms with Crippen LogP contribution in [0.5, 0.6) is 11.5 Å². The molecule has 0 bridgehead atoms. The van der Waals surface area contributed by atoms with Crippen LogP contribution in [0.3, 0.4) is 0 Å². The van der Waals surface area contributed by atoms with E-state index in [-0.39, 0.29) is 5.91 Å². The van der Waals surface area contributed by atoms with Crippen molar-refractivity contribution in [2.45, 2.75) is 20.3 Å². The fourth-order valence-electron chi connectivity index (χ4n) is 4.29. The summed E-state index contributed by atoms with van der Waals surface area (Å²) in [6, 6.07) is 13.1. The third-order valence-electron chi connectivity index (χ3n) is 6.13. The van der Waals surface area contributed by atoms with Crippen LogP contribution in [-0.2, 0) is 6.42 Å². The molecule has 34 heavy (non-hydrogen) atoms. The smallest absolute Gasteiger partial charge is 0.257 e. The number of halogens is 1. The molecule has 0 radical (unpaired) electrons. The highest BCUT2D eigenvalue weighted by Gasteiger charge is 2.27. The molecular weight excluding hydrogens is 452 g/mol. The molecule has 1 amide bonds. The van der Waals surface area contributed by atoms with Crippen LogP contribution >= 0.6 is 11.6 Å². The molecule has 1 aliphatic heterocycles. The Labute approximate surface area is 205 Å². The lowest BCUT2D eigenvalue weighted by atomic mass is 10.0. The lowest BCUT2D eigenvalue weighted by Crippen LogP contribution is -2.49. The molecule has 2 aromatic carbocycles. The first-order chi connectivity index (χ1) is 16.4. The SMILES string of the molecule is COc1ccc(C(=O)N2CCN(c3nc(C)nc(C)c3Cc3ccccc3Cl)CC2)c(OC)c1. The van der Waals surface area contributed by atoms with E-state index in [4.69, 9.17) is 26.1 Å². The minimum Gasteiger partial charge on any atom is -0.497 e. The maximum Gasteiger partial charge on any atom is 0.257 e. The third kappa shape index (κ3) is 4.94. The highest BCUT2D eigenvalue weighted by molar-refractivity contribution is 6.31. The van der Waals surface area contributed by atoms with E-state index in [1.54, 1.807) is 32.4 Å². The van der Waals surface area contributed by atoms with Crippen molar-refractivity contribution in [3.05, 3.63) is 75.7 Å². The second-order valence-corrected chi connectivity index (χ2v) is 8.68. The summed E-state index contributed by atoms with van der Waals surface area (Å²) in [6.07, 6.45) is 0.656. The van der Waals surface area contributed by atoms with E-state index in [0.717, 1.165) is 33.5 Å². The molecule has 8 heteroatoms. The van der Waals surface area contributed by atoms with Gasteiger partial charge in [0.1, 0.15) is 23.1 Å². The normalized spacial score (nSPS) is 13.7. The summed E-state index contributed by atoms with van der Waals surface area (Å²) in [7, 11) is 3.15. The van der Waals surface area contributed by atoms with E-state index < -0.39 is 0 Å². The monoisotopic (exact) mass is 480 g/mol. The molecular formula is C26H29ClN4O3. The number of hydrogen-bond acceptors (Lipinski definition) is 6. The maximum absolute atomic E-state index is 13.2. The van der Waals surface area contributed by atoms with Gasteiger partial charge >= 0.3 is 0 Å². The zero-order valence-corrected chi connectivity index (χ0v) is 20.7. The molecule has 2 heterocycles. The number of nitrogens with zero attached hydrogens (tertiary/aromatic N) is 4. The highest BCUT2D eigenvalue weighted by atomic mass is 35.5. The first kappa shape index (κ1) is 23.8. The summed E-state index contributed by atoms with van der Waals surface area (Å²) in [5.41, 5.74) is 3.59. The third-order valence-corrected chi connectivity index (χ3v) is 6.50. The van der Waals surface area contributed by atoms with E-state index in [9.17, 15) is 4.79 Å². The Kier molecular flexibility index (Phi) is 7.22. The summed E-state index contributed by atoms with van der Waals surface area (Å²) < 4.78 is 10.7. The molecule has 178 valence electrons. The van der Waals surface area contributed by atoms with Gasteiger partial charge in [-0.25, -0.2) is 9.97 Å². The number of carbonyl (C=O) groups excluding carboxylic acids is 1. The van der Waals surface area contributed by atoms with E-state index in [1.807, 2.05) is 43.0 Å². The summed E-state index contributed by atoms with van der Waals surface area (Å²) >= 11 is 6.44. The van der Waals surface area contributed by atoms with Crippen LogP contribution in [0.4, 0.5) is 5.82 Å². The van der Waals surface area contributed by atoms with Gasteiger partial charge in [-0.05, 0) is 37.6 Å². The fraction of sp³-hybridized carbons (Fsp3) is 0.346. The molecule has 1 aromatic heterocycles. The average Bonchev–Trinajstić information content (AvgIpc) is 2.85. The van der Waals surface area contributed by atoms with Crippen LogP contribution in [0.1, 0.15) is 33.0 Å². The minimum absolute atomic E-state index is 0.0505. The number of anilines is 1. The highest BCUT2D eigenvalue weighted by Crippen LogP contribution is 2.29. The number of hydrogen-bond donors (Lipinski definition) is 0.